The Balaban J connectivity index is 0.00000120. The summed E-state index contributed by atoms with van der Waals surface area (Å²) >= 11 is 0. The van der Waals surface area contributed by atoms with Gasteiger partial charge in [0.1, 0.15) is 0 Å². The van der Waals surface area contributed by atoms with Crippen molar-refractivity contribution in [2.24, 2.45) is 9.98 Å². The first-order chi connectivity index (χ1) is 29.0. The van der Waals surface area contributed by atoms with Gasteiger partial charge in [0.2, 0.25) is 0 Å². The number of hydrogen-bond donors (Lipinski definition) is 0. The van der Waals surface area contributed by atoms with Crippen molar-refractivity contribution in [1.29, 1.82) is 0 Å². The molecule has 0 N–H and O–H groups in total. The predicted molar refractivity (Wildman–Crippen MR) is 278 cm³/mol. The van der Waals surface area contributed by atoms with E-state index in [9.17, 15) is 0 Å². The number of benzene rings is 4. The summed E-state index contributed by atoms with van der Waals surface area (Å²) in [5, 5.41) is 10.2. The maximum atomic E-state index is 5.08. The fraction of sp³-hybridized carbons (Fsp3) is 0.483. The van der Waals surface area contributed by atoms with Gasteiger partial charge in [0.05, 0.1) is 11.4 Å². The van der Waals surface area contributed by atoms with Gasteiger partial charge in [-0.15, -0.1) is 11.4 Å². The Morgan fingerprint density at radius 2 is 0.523 bits per heavy atom. The largest absolute Gasteiger partial charge is 0.661 e. The van der Waals surface area contributed by atoms with Crippen molar-refractivity contribution in [2.45, 2.75) is 186 Å². The molecule has 65 heavy (non-hydrogen) atoms. The van der Waals surface area contributed by atoms with E-state index >= 15 is 0 Å². The number of hydrogen-bond acceptors (Lipinski definition) is 2. The molecule has 342 valence electrons. The van der Waals surface area contributed by atoms with Gasteiger partial charge >= 0.3 is 0 Å². The van der Waals surface area contributed by atoms with Crippen LogP contribution in [0.2, 0.25) is 0 Å². The van der Waals surface area contributed by atoms with Crippen LogP contribution in [0.25, 0.3) is 10.6 Å². The van der Waals surface area contributed by atoms with Crippen LogP contribution >= 0.6 is 0 Å². The first-order valence-electron chi connectivity index (χ1n) is 23.5. The van der Waals surface area contributed by atoms with E-state index in [0.717, 1.165) is 45.6 Å². The zero-order valence-corrected chi connectivity index (χ0v) is 53.5. The molecule has 4 nitrogen and oxygen atoms in total. The predicted octanol–water partition coefficient (Wildman–Crippen LogP) is 19.8. The third-order valence-electron chi connectivity index (χ3n) is 11.4. The number of rotatable bonds is 16. The summed E-state index contributed by atoms with van der Waals surface area (Å²) in [4.78, 5) is 10.2. The summed E-state index contributed by atoms with van der Waals surface area (Å²) in [7, 11) is 0. The van der Waals surface area contributed by atoms with Crippen LogP contribution in [0.5, 0.6) is 0 Å². The smallest absolute Gasteiger partial charge is 0.0701 e. The molecule has 0 saturated carbocycles. The molecule has 0 unspecified atom stereocenters. The number of aliphatic imine (C=N–C) groups is 2. The van der Waals surface area contributed by atoms with Crippen LogP contribution in [0.4, 0.5) is 22.7 Å². The van der Waals surface area contributed by atoms with Gasteiger partial charge in [0, 0.05) is 69.9 Å². The first-order valence-corrected chi connectivity index (χ1v) is 23.5. The van der Waals surface area contributed by atoms with E-state index in [1.54, 1.807) is 0 Å². The van der Waals surface area contributed by atoms with Gasteiger partial charge in [-0.1, -0.05) is 232 Å². The Bertz CT molecular complexity index is 1960. The maximum absolute atomic E-state index is 5.08. The fourth-order valence-corrected chi connectivity index (χ4v) is 8.00. The molecule has 0 aromatic heterocycles. The van der Waals surface area contributed by atoms with Crippen molar-refractivity contribution in [3.05, 3.63) is 151 Å². The second-order valence-corrected chi connectivity index (χ2v) is 19.7. The maximum Gasteiger partial charge on any atom is 0.0701 e. The molecule has 0 amide bonds. The van der Waals surface area contributed by atoms with E-state index in [-0.39, 0.29) is 58.4 Å². The second-order valence-electron chi connectivity index (χ2n) is 19.7. The molecule has 0 aliphatic heterocycles. The van der Waals surface area contributed by atoms with E-state index < -0.39 is 0 Å². The van der Waals surface area contributed by atoms with Crippen molar-refractivity contribution < 1.29 is 58.4 Å². The Labute approximate surface area is 436 Å². The topological polar surface area (TPSA) is 52.9 Å². The number of allylic oxidation sites excluding steroid dienone is 4. The minimum absolute atomic E-state index is 0. The molecule has 0 fully saturated rings. The minimum Gasteiger partial charge on any atom is -0.661 e. The molecular weight excluding hydrogens is 949 g/mol. The van der Waals surface area contributed by atoms with Gasteiger partial charge in [0.25, 0.3) is 0 Å². The molecule has 0 heterocycles. The SMILES string of the molecule is CC(/C=C(/C)[N-]c1c(C(C)C)cccc1C(C)C)=Nc1c(C(C)C)cccc1C(C)C.CC(/C=C(/C)[N-]c1c(C(C)C)cccc1C(C)C)=Nc1c(C(C)C)cccc1C(C)C.[Zn].[Zn].[Zn]. The summed E-state index contributed by atoms with van der Waals surface area (Å²) in [6.07, 6.45) is 4.23. The first kappa shape index (κ1) is 62.2. The molecule has 0 radical (unpaired) electrons. The van der Waals surface area contributed by atoms with Gasteiger partial charge in [0.15, 0.2) is 0 Å². The van der Waals surface area contributed by atoms with Crippen molar-refractivity contribution in [3.8, 4) is 0 Å². The van der Waals surface area contributed by atoms with Crippen molar-refractivity contribution in [2.75, 3.05) is 0 Å². The monoisotopic (exact) mass is 1030 g/mol. The van der Waals surface area contributed by atoms with E-state index in [2.05, 4.69) is 223 Å². The number of nitrogens with zero attached hydrogens (tertiary/aromatic N) is 4. The summed E-state index contributed by atoms with van der Waals surface area (Å²) in [5.41, 5.74) is 18.9. The molecule has 0 bridgehead atoms. The Hall–Kier alpha value is -2.83. The number of para-hydroxylation sites is 4. The summed E-state index contributed by atoms with van der Waals surface area (Å²) in [5.74, 6) is 3.49. The molecule has 7 heteroatoms. The van der Waals surface area contributed by atoms with Gasteiger partial charge in [-0.2, -0.15) is 11.4 Å². The standard InChI is InChI=1S/2C29H41N2.3Zn/c2*1-18(2)24-13-11-14-25(19(3)4)28(24)30-22(9)17-23(10)31-29-26(20(5)6)15-12-16-27(29)21(7)8;;;/h2*11-21H,1-10H3;;;/q2*-1;;;/b2*22-17-,31-23?;;;. The molecule has 4 rings (SSSR count). The summed E-state index contributed by atoms with van der Waals surface area (Å²) in [6, 6.07) is 26.3. The summed E-state index contributed by atoms with van der Waals surface area (Å²) in [6.45, 7) is 44.1. The zero-order chi connectivity index (χ0) is 46.6. The summed E-state index contributed by atoms with van der Waals surface area (Å²) < 4.78 is 0. The minimum atomic E-state index is 0. The average molecular weight is 1030 g/mol. The molecule has 4 aromatic rings. The van der Waals surface area contributed by atoms with Crippen LogP contribution in [-0.4, -0.2) is 11.4 Å². The van der Waals surface area contributed by atoms with Crippen LogP contribution < -0.4 is 0 Å². The third kappa shape index (κ3) is 18.0. The Morgan fingerprint density at radius 1 is 0.338 bits per heavy atom. The molecule has 0 spiro atoms. The molecule has 0 aliphatic carbocycles. The van der Waals surface area contributed by atoms with E-state index in [1.165, 1.54) is 44.5 Å². The van der Waals surface area contributed by atoms with Crippen LogP contribution in [0.3, 0.4) is 0 Å². The van der Waals surface area contributed by atoms with Crippen LogP contribution in [-0.2, 0) is 58.4 Å². The van der Waals surface area contributed by atoms with Gasteiger partial charge in [-0.05, 0) is 83.4 Å². The van der Waals surface area contributed by atoms with Crippen molar-refractivity contribution in [3.63, 3.8) is 0 Å². The van der Waals surface area contributed by atoms with E-state index in [4.69, 9.17) is 20.6 Å². The van der Waals surface area contributed by atoms with Gasteiger partial charge in [-0.25, -0.2) is 0 Å². The van der Waals surface area contributed by atoms with Gasteiger partial charge < -0.3 is 10.6 Å². The van der Waals surface area contributed by atoms with Crippen molar-refractivity contribution in [1.82, 2.24) is 0 Å². The quantitative estimate of drug-likeness (QED) is 0.0793. The molecule has 4 aromatic carbocycles. The molecule has 0 aliphatic rings. The van der Waals surface area contributed by atoms with E-state index in [0.29, 0.717) is 47.3 Å². The average Bonchev–Trinajstić information content (AvgIpc) is 3.17. The molecule has 0 atom stereocenters. The van der Waals surface area contributed by atoms with E-state index in [1.807, 2.05) is 0 Å². The van der Waals surface area contributed by atoms with Crippen LogP contribution in [0.15, 0.2) is 106 Å². The Kier molecular flexibility index (Phi) is 27.9. The molecule has 0 saturated heterocycles. The third-order valence-corrected chi connectivity index (χ3v) is 11.4. The normalized spacial score (nSPS) is 12.5. The van der Waals surface area contributed by atoms with Gasteiger partial charge in [-0.3, -0.25) is 9.98 Å². The van der Waals surface area contributed by atoms with Crippen LogP contribution in [0.1, 0.15) is 230 Å². The Morgan fingerprint density at radius 3 is 0.708 bits per heavy atom. The van der Waals surface area contributed by atoms with Crippen molar-refractivity contribution >= 4 is 34.2 Å². The fourth-order valence-electron chi connectivity index (χ4n) is 8.00. The van der Waals surface area contributed by atoms with Crippen LogP contribution in [0, 0.1) is 0 Å². The second kappa shape index (κ2) is 29.1. The zero-order valence-electron chi connectivity index (χ0n) is 44.6. The molecular formula is C58H82N4Zn3-2.